The van der Waals surface area contributed by atoms with Crippen molar-refractivity contribution in [3.63, 3.8) is 0 Å². The van der Waals surface area contributed by atoms with Crippen LogP contribution in [0.5, 0.6) is 5.75 Å². The van der Waals surface area contributed by atoms with Crippen molar-refractivity contribution in [3.05, 3.63) is 95.1 Å². The number of para-hydroxylation sites is 1. The van der Waals surface area contributed by atoms with Gasteiger partial charge in [0.25, 0.3) is 0 Å². The zero-order chi connectivity index (χ0) is 22.4. The van der Waals surface area contributed by atoms with Gasteiger partial charge in [0, 0.05) is 10.8 Å². The summed E-state index contributed by atoms with van der Waals surface area (Å²) in [5.41, 5.74) is 3.19. The smallest absolute Gasteiger partial charge is 0.344 e. The molecule has 0 unspecified atom stereocenters. The van der Waals surface area contributed by atoms with Gasteiger partial charge in [-0.2, -0.15) is 0 Å². The molecule has 164 valence electrons. The summed E-state index contributed by atoms with van der Waals surface area (Å²) in [6, 6.07) is 22.4. The number of carboxylic acid groups (broad SMARTS) is 1. The fourth-order valence-electron chi connectivity index (χ4n) is 4.18. The lowest BCUT2D eigenvalue weighted by Gasteiger charge is -2.14. The van der Waals surface area contributed by atoms with Crippen LogP contribution < -0.4 is 4.74 Å². The second kappa shape index (κ2) is 8.64. The Morgan fingerprint density at radius 3 is 2.06 bits per heavy atom. The minimum atomic E-state index is -1.02. The van der Waals surface area contributed by atoms with Crippen LogP contribution in [0.1, 0.15) is 31.8 Å². The highest BCUT2D eigenvalue weighted by molar-refractivity contribution is 8.93. The lowest BCUT2D eigenvalue weighted by atomic mass is 9.99. The van der Waals surface area contributed by atoms with Crippen LogP contribution in [-0.2, 0) is 0 Å². The summed E-state index contributed by atoms with van der Waals surface area (Å²) in [6.07, 6.45) is 0. The van der Waals surface area contributed by atoms with E-state index in [0.29, 0.717) is 44.2 Å². The molecule has 1 heterocycles. The Kier molecular flexibility index (Phi) is 5.87. The van der Waals surface area contributed by atoms with Crippen LogP contribution >= 0.6 is 17.0 Å². The third kappa shape index (κ3) is 3.94. The van der Waals surface area contributed by atoms with Gasteiger partial charge in [-0.25, -0.2) is 14.6 Å². The molecule has 1 N–H and O–H groups in total. The molecule has 0 amide bonds. The maximum Gasteiger partial charge on any atom is 0.344 e. The van der Waals surface area contributed by atoms with E-state index < -0.39 is 11.9 Å². The van der Waals surface area contributed by atoms with Crippen LogP contribution in [0, 0.1) is 13.8 Å². The van der Waals surface area contributed by atoms with E-state index in [2.05, 4.69) is 0 Å². The Balaban J connectivity index is 0.00000259. The van der Waals surface area contributed by atoms with Crippen LogP contribution in [-0.4, -0.2) is 22.0 Å². The largest absolute Gasteiger partial charge is 0.478 e. The average molecular weight is 502 g/mol. The lowest BCUT2D eigenvalue weighted by Crippen LogP contribution is -2.13. The van der Waals surface area contributed by atoms with Gasteiger partial charge in [-0.3, -0.25) is 0 Å². The molecule has 0 saturated carbocycles. The number of hydrogen-bond donors (Lipinski definition) is 1. The van der Waals surface area contributed by atoms with Crippen molar-refractivity contribution in [3.8, 4) is 5.75 Å². The molecule has 5 rings (SSSR count). The highest BCUT2D eigenvalue weighted by atomic mass is 79.9. The fraction of sp³-hybridized carbons (Fsp3) is 0.0741. The Hall–Kier alpha value is -3.77. The first-order valence-electron chi connectivity index (χ1n) is 10.2. The van der Waals surface area contributed by atoms with E-state index in [1.807, 2.05) is 60.7 Å². The van der Waals surface area contributed by atoms with E-state index in [0.717, 1.165) is 10.8 Å². The quantitative estimate of drug-likeness (QED) is 0.170. The Bertz CT molecular complexity index is 1550. The minimum Gasteiger partial charge on any atom is -0.478 e. The number of esters is 1. The predicted molar refractivity (Wildman–Crippen MR) is 135 cm³/mol. The molecule has 0 bridgehead atoms. The molecule has 5 nitrogen and oxygen atoms in total. The van der Waals surface area contributed by atoms with Gasteiger partial charge in [0.05, 0.1) is 22.2 Å². The number of aryl methyl sites for hydroxylation is 2. The van der Waals surface area contributed by atoms with Gasteiger partial charge in [-0.1, -0.05) is 42.5 Å². The monoisotopic (exact) mass is 501 g/mol. The molecule has 0 aliphatic rings. The average Bonchev–Trinajstić information content (AvgIpc) is 2.78. The van der Waals surface area contributed by atoms with E-state index in [1.54, 1.807) is 13.8 Å². The third-order valence-corrected chi connectivity index (χ3v) is 5.65. The number of carboxylic acids is 1. The molecule has 0 spiro atoms. The second-order valence-corrected chi connectivity index (χ2v) is 7.85. The Labute approximate surface area is 200 Å². The lowest BCUT2D eigenvalue weighted by molar-refractivity contribution is 0.0696. The van der Waals surface area contributed by atoms with E-state index in [-0.39, 0.29) is 22.5 Å². The van der Waals surface area contributed by atoms with Crippen molar-refractivity contribution in [2.75, 3.05) is 0 Å². The Morgan fingerprint density at radius 1 is 0.788 bits per heavy atom. The minimum absolute atomic E-state index is 0. The van der Waals surface area contributed by atoms with Crippen LogP contribution in [0.2, 0.25) is 0 Å². The maximum absolute atomic E-state index is 13.5. The molecule has 6 heteroatoms. The number of carbonyl (C=O) groups excluding carboxylic acids is 1. The number of ether oxygens (including phenoxy) is 1. The normalized spacial score (nSPS) is 10.8. The summed E-state index contributed by atoms with van der Waals surface area (Å²) in [5, 5.41) is 12.8. The van der Waals surface area contributed by atoms with Crippen molar-refractivity contribution in [1.82, 2.24) is 4.98 Å². The van der Waals surface area contributed by atoms with Gasteiger partial charge in [-0.15, -0.1) is 17.0 Å². The number of aromatic nitrogens is 1. The number of hydrogen-bond acceptors (Lipinski definition) is 4. The zero-order valence-electron chi connectivity index (χ0n) is 18.0. The van der Waals surface area contributed by atoms with Crippen molar-refractivity contribution >= 4 is 61.5 Å². The summed E-state index contributed by atoms with van der Waals surface area (Å²) in [6.45, 7) is 3.47. The van der Waals surface area contributed by atoms with E-state index in [9.17, 15) is 14.7 Å². The molecule has 5 aromatic rings. The summed E-state index contributed by atoms with van der Waals surface area (Å²) in [4.78, 5) is 29.7. The molecule has 0 radical (unpaired) electrons. The number of nitrogens with zero attached hydrogens (tertiary/aromatic N) is 1. The standard InChI is InChI=1S/C27H19NO4.BrH/c1-15-11-19(26(29)30)12-16(2)25(15)32-27(31)24-20-9-5-6-10-22(20)28-23-14-18-8-4-3-7-17(18)13-21(23)24;/h3-14H,1-2H3,(H,29,30);1H. The highest BCUT2D eigenvalue weighted by Crippen LogP contribution is 2.32. The second-order valence-electron chi connectivity index (χ2n) is 7.85. The molecular weight excluding hydrogens is 482 g/mol. The number of aromatic carboxylic acids is 1. The first kappa shape index (κ1) is 22.4. The van der Waals surface area contributed by atoms with Crippen molar-refractivity contribution in [2.24, 2.45) is 0 Å². The molecule has 0 aliphatic carbocycles. The number of carbonyl (C=O) groups is 2. The van der Waals surface area contributed by atoms with E-state index in [4.69, 9.17) is 9.72 Å². The molecule has 0 saturated heterocycles. The predicted octanol–water partition coefficient (Wildman–Crippen LogP) is 6.65. The highest BCUT2D eigenvalue weighted by Gasteiger charge is 2.21. The molecule has 33 heavy (non-hydrogen) atoms. The van der Waals surface area contributed by atoms with Crippen LogP contribution in [0.25, 0.3) is 32.6 Å². The number of fused-ring (bicyclic) bond motifs is 3. The summed E-state index contributed by atoms with van der Waals surface area (Å²) >= 11 is 0. The summed E-state index contributed by atoms with van der Waals surface area (Å²) in [5.74, 6) is -1.15. The SMILES string of the molecule is Br.Cc1cc(C(=O)O)cc(C)c1OC(=O)c1c2ccccc2nc2cc3ccccc3cc12. The van der Waals surface area contributed by atoms with Gasteiger partial charge in [0.15, 0.2) is 0 Å². The van der Waals surface area contributed by atoms with Gasteiger partial charge >= 0.3 is 11.9 Å². The number of pyridine rings is 1. The number of benzene rings is 4. The molecule has 4 aromatic carbocycles. The van der Waals surface area contributed by atoms with Gasteiger partial charge in [0.2, 0.25) is 0 Å². The molecular formula is C27H20BrNO4. The fourth-order valence-corrected chi connectivity index (χ4v) is 4.18. The molecule has 1 aromatic heterocycles. The van der Waals surface area contributed by atoms with Crippen molar-refractivity contribution in [2.45, 2.75) is 13.8 Å². The van der Waals surface area contributed by atoms with Crippen molar-refractivity contribution < 1.29 is 19.4 Å². The van der Waals surface area contributed by atoms with E-state index >= 15 is 0 Å². The van der Waals surface area contributed by atoms with Crippen LogP contribution in [0.3, 0.4) is 0 Å². The third-order valence-electron chi connectivity index (χ3n) is 5.65. The number of rotatable bonds is 3. The molecule has 0 aliphatic heterocycles. The van der Waals surface area contributed by atoms with Crippen molar-refractivity contribution in [1.29, 1.82) is 0 Å². The maximum atomic E-state index is 13.5. The molecule has 0 fully saturated rings. The Morgan fingerprint density at radius 2 is 1.39 bits per heavy atom. The van der Waals surface area contributed by atoms with Crippen LogP contribution in [0.4, 0.5) is 0 Å². The topological polar surface area (TPSA) is 76.5 Å². The first-order valence-corrected chi connectivity index (χ1v) is 10.2. The summed E-state index contributed by atoms with van der Waals surface area (Å²) < 4.78 is 5.87. The zero-order valence-corrected chi connectivity index (χ0v) is 19.7. The van der Waals surface area contributed by atoms with Gasteiger partial charge < -0.3 is 9.84 Å². The number of halogens is 1. The molecule has 0 atom stereocenters. The van der Waals surface area contributed by atoms with E-state index in [1.165, 1.54) is 12.1 Å². The van der Waals surface area contributed by atoms with Crippen LogP contribution in [0.15, 0.2) is 72.8 Å². The van der Waals surface area contributed by atoms with Gasteiger partial charge in [0.1, 0.15) is 5.75 Å². The summed E-state index contributed by atoms with van der Waals surface area (Å²) in [7, 11) is 0. The van der Waals surface area contributed by atoms with Gasteiger partial charge in [-0.05, 0) is 66.1 Å². The first-order chi connectivity index (χ1) is 15.4.